The highest BCUT2D eigenvalue weighted by molar-refractivity contribution is 5.33. The van der Waals surface area contributed by atoms with Crippen LogP contribution in [0.2, 0.25) is 0 Å². The number of hydrogen-bond acceptors (Lipinski definition) is 2. The van der Waals surface area contributed by atoms with Gasteiger partial charge in [0.2, 0.25) is 0 Å². The first-order valence-corrected chi connectivity index (χ1v) is 11.2. The average Bonchev–Trinajstić information content (AvgIpc) is 2.73. The highest BCUT2D eigenvalue weighted by Gasteiger charge is 2.44. The third-order valence-corrected chi connectivity index (χ3v) is 6.78. The fourth-order valence-corrected chi connectivity index (χ4v) is 4.69. The summed E-state index contributed by atoms with van der Waals surface area (Å²) in [4.78, 5) is 0. The molecule has 2 aromatic rings. The first kappa shape index (κ1) is 22.6. The van der Waals surface area contributed by atoms with Crippen LogP contribution in [0.1, 0.15) is 89.2 Å². The lowest BCUT2D eigenvalue weighted by molar-refractivity contribution is 0.0805. The predicted molar refractivity (Wildman–Crippen MR) is 122 cm³/mol. The second-order valence-electron chi connectivity index (χ2n) is 8.42. The van der Waals surface area contributed by atoms with E-state index in [0.717, 1.165) is 32.1 Å². The molecule has 2 heteroatoms. The van der Waals surface area contributed by atoms with Crippen molar-refractivity contribution in [2.75, 3.05) is 0 Å². The molecule has 0 saturated heterocycles. The van der Waals surface area contributed by atoms with E-state index >= 15 is 0 Å². The lowest BCUT2D eigenvalue weighted by Crippen LogP contribution is -2.62. The monoisotopic (exact) mass is 380 g/mol. The van der Waals surface area contributed by atoms with Gasteiger partial charge in [-0.15, -0.1) is 0 Å². The normalized spacial score (nSPS) is 12.5. The molecule has 2 rings (SSSR count). The van der Waals surface area contributed by atoms with Crippen molar-refractivity contribution in [3.8, 4) is 0 Å². The Hall–Kier alpha value is -1.64. The minimum atomic E-state index is -0.647. The maximum Gasteiger partial charge on any atom is 0.0694 e. The largest absolute Gasteiger partial charge is 0.313 e. The van der Waals surface area contributed by atoms with Crippen molar-refractivity contribution >= 4 is 0 Å². The zero-order valence-electron chi connectivity index (χ0n) is 18.2. The molecule has 4 N–H and O–H groups in total. The quantitative estimate of drug-likeness (QED) is 0.322. The van der Waals surface area contributed by atoms with Crippen LogP contribution in [-0.4, -0.2) is 5.66 Å². The molecule has 2 aromatic carbocycles. The van der Waals surface area contributed by atoms with Crippen LogP contribution in [0.15, 0.2) is 60.7 Å². The van der Waals surface area contributed by atoms with E-state index in [1.165, 1.54) is 30.4 Å². The van der Waals surface area contributed by atoms with Crippen LogP contribution in [0.25, 0.3) is 0 Å². The molecule has 0 aliphatic carbocycles. The summed E-state index contributed by atoms with van der Waals surface area (Å²) < 4.78 is 0. The molecule has 0 fully saturated rings. The molecule has 0 bridgehead atoms. The molecule has 28 heavy (non-hydrogen) atoms. The van der Waals surface area contributed by atoms with Crippen molar-refractivity contribution in [1.82, 2.24) is 0 Å². The first-order valence-electron chi connectivity index (χ1n) is 11.2. The molecule has 0 heterocycles. The maximum atomic E-state index is 6.88. The summed E-state index contributed by atoms with van der Waals surface area (Å²) in [5, 5.41) is 0. The summed E-state index contributed by atoms with van der Waals surface area (Å²) in [5.74, 6) is 0.310. The third kappa shape index (κ3) is 5.46. The minimum Gasteiger partial charge on any atom is -0.313 e. The van der Waals surface area contributed by atoms with Gasteiger partial charge in [0.25, 0.3) is 0 Å². The van der Waals surface area contributed by atoms with Crippen LogP contribution in [0.3, 0.4) is 0 Å². The van der Waals surface area contributed by atoms with E-state index in [2.05, 4.69) is 81.4 Å². The van der Waals surface area contributed by atoms with Crippen molar-refractivity contribution in [2.45, 2.75) is 83.7 Å². The van der Waals surface area contributed by atoms with Gasteiger partial charge in [-0.05, 0) is 36.8 Å². The Kier molecular flexibility index (Phi) is 8.72. The van der Waals surface area contributed by atoms with Gasteiger partial charge in [-0.3, -0.25) is 0 Å². The van der Waals surface area contributed by atoms with Crippen molar-refractivity contribution in [3.05, 3.63) is 71.8 Å². The van der Waals surface area contributed by atoms with Gasteiger partial charge in [0.05, 0.1) is 5.66 Å². The van der Waals surface area contributed by atoms with Gasteiger partial charge in [0.15, 0.2) is 0 Å². The van der Waals surface area contributed by atoms with E-state index in [0.29, 0.717) is 5.92 Å². The average molecular weight is 381 g/mol. The molecule has 0 amide bonds. The van der Waals surface area contributed by atoms with Crippen LogP contribution in [0.4, 0.5) is 0 Å². The number of benzene rings is 2. The molecular weight excluding hydrogens is 340 g/mol. The highest BCUT2D eigenvalue weighted by Crippen LogP contribution is 2.46. The zero-order valence-corrected chi connectivity index (χ0v) is 18.2. The van der Waals surface area contributed by atoms with Crippen molar-refractivity contribution in [1.29, 1.82) is 0 Å². The Labute approximate surface area is 172 Å². The van der Waals surface area contributed by atoms with Crippen LogP contribution in [0.5, 0.6) is 0 Å². The Balaban J connectivity index is 2.34. The predicted octanol–water partition coefficient (Wildman–Crippen LogP) is 6.60. The van der Waals surface area contributed by atoms with E-state index in [4.69, 9.17) is 11.5 Å². The van der Waals surface area contributed by atoms with Gasteiger partial charge in [-0.1, -0.05) is 107 Å². The van der Waals surface area contributed by atoms with Gasteiger partial charge < -0.3 is 11.5 Å². The van der Waals surface area contributed by atoms with Crippen LogP contribution >= 0.6 is 0 Å². The number of nitrogens with two attached hydrogens (primary N) is 2. The topological polar surface area (TPSA) is 52.0 Å². The lowest BCUT2D eigenvalue weighted by Gasteiger charge is -2.48. The summed E-state index contributed by atoms with van der Waals surface area (Å²) in [6.45, 7) is 6.76. The molecule has 0 radical (unpaired) electrons. The summed E-state index contributed by atoms with van der Waals surface area (Å²) in [7, 11) is 0. The Morgan fingerprint density at radius 1 is 0.714 bits per heavy atom. The molecule has 2 nitrogen and oxygen atoms in total. The van der Waals surface area contributed by atoms with Gasteiger partial charge in [0, 0.05) is 11.3 Å². The Morgan fingerprint density at radius 3 is 1.64 bits per heavy atom. The minimum absolute atomic E-state index is 0.0877. The van der Waals surface area contributed by atoms with Crippen molar-refractivity contribution < 1.29 is 0 Å². The van der Waals surface area contributed by atoms with Gasteiger partial charge >= 0.3 is 0 Å². The van der Waals surface area contributed by atoms with Crippen LogP contribution in [0, 0.1) is 5.41 Å². The number of unbranched alkanes of at least 4 members (excludes halogenated alkanes) is 3. The molecule has 0 spiro atoms. The Morgan fingerprint density at radius 2 is 1.21 bits per heavy atom. The molecule has 0 aromatic heterocycles. The number of hydrogen-bond donors (Lipinski definition) is 2. The second-order valence-corrected chi connectivity index (χ2v) is 8.42. The SMILES string of the molecule is CCCCCCC(N)(N)C(CC)(CC)CC(c1ccccc1)c1ccccc1. The highest BCUT2D eigenvalue weighted by atomic mass is 15.0. The fourth-order valence-electron chi connectivity index (χ4n) is 4.69. The molecule has 0 aliphatic rings. The van der Waals surface area contributed by atoms with E-state index in [1.807, 2.05) is 0 Å². The lowest BCUT2D eigenvalue weighted by atomic mass is 9.63. The smallest absolute Gasteiger partial charge is 0.0694 e. The summed E-state index contributed by atoms with van der Waals surface area (Å²) >= 11 is 0. The zero-order chi connectivity index (χ0) is 20.5. The molecule has 0 atom stereocenters. The van der Waals surface area contributed by atoms with Gasteiger partial charge in [0.1, 0.15) is 0 Å². The van der Waals surface area contributed by atoms with Crippen molar-refractivity contribution in [2.24, 2.45) is 16.9 Å². The molecule has 0 unspecified atom stereocenters. The molecular formula is C26H40N2. The van der Waals surface area contributed by atoms with E-state index in [1.54, 1.807) is 0 Å². The summed E-state index contributed by atoms with van der Waals surface area (Å²) in [5.41, 5.74) is 15.7. The van der Waals surface area contributed by atoms with Crippen molar-refractivity contribution in [3.63, 3.8) is 0 Å². The fraction of sp³-hybridized carbons (Fsp3) is 0.538. The number of rotatable bonds is 12. The molecule has 154 valence electrons. The molecule has 0 aliphatic heterocycles. The summed E-state index contributed by atoms with van der Waals surface area (Å²) in [6.07, 6.45) is 8.71. The Bertz CT molecular complexity index is 620. The van der Waals surface area contributed by atoms with E-state index in [-0.39, 0.29) is 5.41 Å². The summed E-state index contributed by atoms with van der Waals surface area (Å²) in [6, 6.07) is 21.7. The van der Waals surface area contributed by atoms with Crippen LogP contribution < -0.4 is 11.5 Å². The van der Waals surface area contributed by atoms with E-state index in [9.17, 15) is 0 Å². The third-order valence-electron chi connectivity index (χ3n) is 6.78. The van der Waals surface area contributed by atoms with Gasteiger partial charge in [-0.2, -0.15) is 0 Å². The van der Waals surface area contributed by atoms with E-state index < -0.39 is 5.66 Å². The molecule has 0 saturated carbocycles. The second kappa shape index (κ2) is 10.8. The maximum absolute atomic E-state index is 6.88. The first-order chi connectivity index (χ1) is 13.5. The van der Waals surface area contributed by atoms with Crippen LogP contribution in [-0.2, 0) is 0 Å². The standard InChI is InChI=1S/C26H40N2/c1-4-7-8-15-20-26(27,28)25(5-2,6-3)21-24(22-16-11-9-12-17-22)23-18-13-10-14-19-23/h9-14,16-19,24H,4-8,15,20-21,27-28H2,1-3H3. The van der Waals surface area contributed by atoms with Gasteiger partial charge in [-0.25, -0.2) is 0 Å².